The monoisotopic (exact) mass is 863 g/mol. The molecule has 0 aliphatic heterocycles. The molecular formula is C44H40IrN5O2-. The fourth-order valence-corrected chi connectivity index (χ4v) is 5.57. The number of pyridine rings is 2. The Morgan fingerprint density at radius 2 is 1.13 bits per heavy atom. The first-order valence-electron chi connectivity index (χ1n) is 16.9. The SMILES string of the molecule is CC(C)(C)c1ccc(-c2nc(-c3ccc(C(C)(C)C)cc3)nc(-c3cc[c-]c(-c4nccc5ccccc45)c3)n2)cc1.O=C(O)c1ccccn1.[Ir]. The molecule has 1 N–H and O–H groups in total. The minimum Gasteiger partial charge on any atom is -0.477 e. The number of rotatable bonds is 5. The molecular weight excluding hydrogens is 823 g/mol. The maximum absolute atomic E-state index is 10.1. The van der Waals surface area contributed by atoms with Crippen LogP contribution in [0.3, 0.4) is 0 Å². The second-order valence-corrected chi connectivity index (χ2v) is 14.4. The first-order chi connectivity index (χ1) is 24.4. The van der Waals surface area contributed by atoms with Crippen LogP contribution in [0.2, 0.25) is 0 Å². The second kappa shape index (κ2) is 15.9. The number of nitrogens with zero attached hydrogens (tertiary/aromatic N) is 5. The molecule has 0 saturated heterocycles. The number of aromatic nitrogens is 5. The Balaban J connectivity index is 0.000000458. The summed E-state index contributed by atoms with van der Waals surface area (Å²) in [5, 5.41) is 10.6. The summed E-state index contributed by atoms with van der Waals surface area (Å²) in [5.41, 5.74) is 7.34. The summed E-state index contributed by atoms with van der Waals surface area (Å²) < 4.78 is 0. The molecule has 263 valence electrons. The van der Waals surface area contributed by atoms with Crippen LogP contribution in [0.1, 0.15) is 63.2 Å². The number of carboxylic acid groups (broad SMARTS) is 1. The van der Waals surface area contributed by atoms with Crippen molar-refractivity contribution < 1.29 is 30.0 Å². The first-order valence-corrected chi connectivity index (χ1v) is 16.9. The van der Waals surface area contributed by atoms with E-state index in [1.807, 2.05) is 36.5 Å². The van der Waals surface area contributed by atoms with E-state index in [-0.39, 0.29) is 36.6 Å². The van der Waals surface area contributed by atoms with Gasteiger partial charge < -0.3 is 10.1 Å². The molecule has 0 unspecified atom stereocenters. The van der Waals surface area contributed by atoms with Crippen molar-refractivity contribution in [3.8, 4) is 45.4 Å². The van der Waals surface area contributed by atoms with E-state index in [0.717, 1.165) is 38.7 Å². The van der Waals surface area contributed by atoms with Crippen LogP contribution in [-0.2, 0) is 30.9 Å². The van der Waals surface area contributed by atoms with Crippen molar-refractivity contribution in [2.75, 3.05) is 0 Å². The van der Waals surface area contributed by atoms with E-state index >= 15 is 0 Å². The van der Waals surface area contributed by atoms with E-state index < -0.39 is 5.97 Å². The Morgan fingerprint density at radius 3 is 1.63 bits per heavy atom. The molecule has 7 rings (SSSR count). The molecule has 1 radical (unpaired) electrons. The quantitative estimate of drug-likeness (QED) is 0.172. The third kappa shape index (κ3) is 8.89. The van der Waals surface area contributed by atoms with Gasteiger partial charge in [0, 0.05) is 43.6 Å². The molecule has 0 saturated carbocycles. The molecule has 3 aromatic heterocycles. The van der Waals surface area contributed by atoms with Crippen molar-refractivity contribution in [3.63, 3.8) is 0 Å². The van der Waals surface area contributed by atoms with Gasteiger partial charge in [-0.1, -0.05) is 126 Å². The zero-order valence-corrected chi connectivity index (χ0v) is 32.4. The molecule has 4 aromatic carbocycles. The van der Waals surface area contributed by atoms with E-state index in [1.165, 1.54) is 23.4 Å². The summed E-state index contributed by atoms with van der Waals surface area (Å²) in [6.07, 6.45) is 3.29. The number of fused-ring (bicyclic) bond motifs is 1. The summed E-state index contributed by atoms with van der Waals surface area (Å²) in [4.78, 5) is 33.4. The van der Waals surface area contributed by atoms with Gasteiger partial charge in [-0.05, 0) is 56.6 Å². The van der Waals surface area contributed by atoms with Gasteiger partial charge in [-0.15, -0.1) is 29.8 Å². The van der Waals surface area contributed by atoms with E-state index in [9.17, 15) is 4.79 Å². The van der Waals surface area contributed by atoms with Crippen LogP contribution in [0, 0.1) is 6.07 Å². The van der Waals surface area contributed by atoms with Gasteiger partial charge in [-0.2, -0.15) is 0 Å². The van der Waals surface area contributed by atoms with Crippen molar-refractivity contribution in [1.82, 2.24) is 24.9 Å². The minimum absolute atomic E-state index is 0. The van der Waals surface area contributed by atoms with Crippen molar-refractivity contribution in [2.24, 2.45) is 0 Å². The predicted molar refractivity (Wildman–Crippen MR) is 204 cm³/mol. The van der Waals surface area contributed by atoms with E-state index in [1.54, 1.807) is 12.1 Å². The van der Waals surface area contributed by atoms with Crippen LogP contribution in [0.4, 0.5) is 0 Å². The van der Waals surface area contributed by atoms with Gasteiger partial charge in [-0.3, -0.25) is 0 Å². The van der Waals surface area contributed by atoms with Crippen molar-refractivity contribution in [2.45, 2.75) is 52.4 Å². The molecule has 8 heteroatoms. The number of benzene rings is 4. The Hall–Kier alpha value is -5.43. The number of carboxylic acids is 1. The number of carbonyl (C=O) groups is 1. The van der Waals surface area contributed by atoms with Crippen LogP contribution < -0.4 is 0 Å². The summed E-state index contributed by atoms with van der Waals surface area (Å²) in [6, 6.07) is 41.5. The van der Waals surface area contributed by atoms with Gasteiger partial charge in [0.1, 0.15) is 11.5 Å². The maximum Gasteiger partial charge on any atom is 0.354 e. The van der Waals surface area contributed by atoms with Gasteiger partial charge >= 0.3 is 5.97 Å². The standard InChI is InChI=1S/C38H35N4.C6H5NO2.Ir/c1-37(2,3)30-18-14-26(15-19-30)34-40-35(27-16-20-31(21-17-27)38(4,5)6)42-36(41-34)29-12-9-11-28(24-29)33-32-13-8-7-10-25(32)22-23-39-33;8-6(9)5-3-1-2-4-7-5;/h7-10,12-24H,1-6H3;1-4H,(H,8,9);/q-1;;. The van der Waals surface area contributed by atoms with Crippen LogP contribution in [0.15, 0.2) is 128 Å². The molecule has 0 bridgehead atoms. The fraction of sp³-hybridized carbons (Fsp3) is 0.182. The van der Waals surface area contributed by atoms with Crippen molar-refractivity contribution >= 4 is 16.7 Å². The molecule has 0 aliphatic carbocycles. The largest absolute Gasteiger partial charge is 0.477 e. The fourth-order valence-electron chi connectivity index (χ4n) is 5.57. The van der Waals surface area contributed by atoms with Crippen LogP contribution in [-0.4, -0.2) is 36.0 Å². The van der Waals surface area contributed by atoms with Gasteiger partial charge in [0.2, 0.25) is 0 Å². The Labute approximate surface area is 318 Å². The smallest absolute Gasteiger partial charge is 0.354 e. The minimum atomic E-state index is -0.990. The Kier molecular flexibility index (Phi) is 11.5. The molecule has 0 spiro atoms. The summed E-state index contributed by atoms with van der Waals surface area (Å²) >= 11 is 0. The third-order valence-electron chi connectivity index (χ3n) is 8.53. The Bertz CT molecular complexity index is 2210. The predicted octanol–water partition coefficient (Wildman–Crippen LogP) is 10.3. The van der Waals surface area contributed by atoms with Gasteiger partial charge in [0.25, 0.3) is 0 Å². The third-order valence-corrected chi connectivity index (χ3v) is 8.53. The van der Waals surface area contributed by atoms with Crippen LogP contribution in [0.5, 0.6) is 0 Å². The number of hydrogen-bond acceptors (Lipinski definition) is 6. The van der Waals surface area contributed by atoms with E-state index in [4.69, 9.17) is 25.0 Å². The molecule has 0 fully saturated rings. The van der Waals surface area contributed by atoms with Gasteiger partial charge in [0.15, 0.2) is 11.6 Å². The summed E-state index contributed by atoms with van der Waals surface area (Å²) in [5.74, 6) is 0.918. The topological polar surface area (TPSA) is 102 Å². The molecule has 52 heavy (non-hydrogen) atoms. The zero-order chi connectivity index (χ0) is 36.2. The second-order valence-electron chi connectivity index (χ2n) is 14.4. The average Bonchev–Trinajstić information content (AvgIpc) is 3.14. The van der Waals surface area contributed by atoms with E-state index in [0.29, 0.717) is 17.5 Å². The molecule has 7 nitrogen and oxygen atoms in total. The molecule has 0 amide bonds. The molecule has 7 aromatic rings. The van der Waals surface area contributed by atoms with Crippen molar-refractivity contribution in [3.05, 3.63) is 151 Å². The maximum atomic E-state index is 10.1. The normalized spacial score (nSPS) is 11.3. The summed E-state index contributed by atoms with van der Waals surface area (Å²) in [7, 11) is 0. The average molecular weight is 863 g/mol. The van der Waals surface area contributed by atoms with E-state index in [2.05, 4.69) is 119 Å². The molecule has 3 heterocycles. The van der Waals surface area contributed by atoms with Gasteiger partial charge in [0.05, 0.1) is 0 Å². The van der Waals surface area contributed by atoms with Crippen LogP contribution >= 0.6 is 0 Å². The molecule has 0 atom stereocenters. The first kappa shape index (κ1) is 37.8. The Morgan fingerprint density at radius 1 is 0.596 bits per heavy atom. The number of hydrogen-bond donors (Lipinski definition) is 1. The zero-order valence-electron chi connectivity index (χ0n) is 30.0. The van der Waals surface area contributed by atoms with Crippen molar-refractivity contribution in [1.29, 1.82) is 0 Å². The molecule has 0 aliphatic rings. The number of aromatic carboxylic acids is 1. The van der Waals surface area contributed by atoms with Gasteiger partial charge in [-0.25, -0.2) is 24.7 Å². The van der Waals surface area contributed by atoms with Crippen LogP contribution in [0.25, 0.3) is 56.2 Å². The summed E-state index contributed by atoms with van der Waals surface area (Å²) in [6.45, 7) is 13.3.